The Morgan fingerprint density at radius 3 is 2.59 bits per heavy atom. The molecule has 0 aliphatic carbocycles. The van der Waals surface area contributed by atoms with E-state index in [9.17, 15) is 18.8 Å². The van der Waals surface area contributed by atoms with E-state index in [1.54, 1.807) is 17.0 Å². The third kappa shape index (κ3) is 2.83. The first-order chi connectivity index (χ1) is 10.5. The molecular weight excluding hydrogens is 289 g/mol. The van der Waals surface area contributed by atoms with Crippen LogP contribution in [0.4, 0.5) is 4.39 Å². The van der Waals surface area contributed by atoms with Crippen LogP contribution in [0.1, 0.15) is 28.4 Å². The number of halogens is 1. The van der Waals surface area contributed by atoms with E-state index in [1.165, 1.54) is 12.1 Å². The fourth-order valence-corrected chi connectivity index (χ4v) is 2.71. The van der Waals surface area contributed by atoms with E-state index in [-0.39, 0.29) is 23.3 Å². The zero-order valence-corrected chi connectivity index (χ0v) is 11.6. The van der Waals surface area contributed by atoms with Crippen molar-refractivity contribution >= 4 is 5.91 Å². The molecule has 0 spiro atoms. The number of aromatic amines is 2. The average molecular weight is 303 g/mol. The number of hydrogen-bond acceptors (Lipinski definition) is 3. The number of benzene rings is 1. The fraction of sp³-hybridized carbons (Fsp3) is 0.267. The Hall–Kier alpha value is -2.70. The minimum absolute atomic E-state index is 0.0199. The molecular formula is C15H14FN3O3. The van der Waals surface area contributed by atoms with Crippen LogP contribution in [-0.2, 0) is 0 Å². The highest BCUT2D eigenvalue weighted by Gasteiger charge is 2.28. The maximum Gasteiger partial charge on any atom is 0.326 e. The minimum Gasteiger partial charge on any atom is -0.337 e. The Labute approximate surface area is 124 Å². The molecule has 1 aliphatic rings. The van der Waals surface area contributed by atoms with Gasteiger partial charge >= 0.3 is 5.69 Å². The van der Waals surface area contributed by atoms with Crippen molar-refractivity contribution in [2.75, 3.05) is 13.1 Å². The lowest BCUT2D eigenvalue weighted by atomic mass is 9.99. The fourth-order valence-electron chi connectivity index (χ4n) is 2.71. The summed E-state index contributed by atoms with van der Waals surface area (Å²) in [6.45, 7) is 0.995. The first kappa shape index (κ1) is 14.2. The number of nitrogens with zero attached hydrogens (tertiary/aromatic N) is 1. The lowest BCUT2D eigenvalue weighted by Crippen LogP contribution is -2.33. The van der Waals surface area contributed by atoms with Crippen molar-refractivity contribution < 1.29 is 9.18 Å². The molecule has 1 aromatic heterocycles. The van der Waals surface area contributed by atoms with E-state index in [4.69, 9.17) is 0 Å². The number of carbonyl (C=O) groups excluding carboxylic acids is 1. The molecule has 22 heavy (non-hydrogen) atoms. The van der Waals surface area contributed by atoms with Gasteiger partial charge < -0.3 is 9.88 Å². The molecule has 2 heterocycles. The van der Waals surface area contributed by atoms with Crippen LogP contribution in [0.3, 0.4) is 0 Å². The van der Waals surface area contributed by atoms with Gasteiger partial charge in [-0.1, -0.05) is 12.1 Å². The smallest absolute Gasteiger partial charge is 0.326 e. The molecule has 1 fully saturated rings. The van der Waals surface area contributed by atoms with Crippen molar-refractivity contribution in [1.82, 2.24) is 14.9 Å². The number of likely N-dealkylation sites (tertiary alicyclic amines) is 1. The third-order valence-electron chi connectivity index (χ3n) is 3.81. The number of nitrogens with one attached hydrogen (secondary N) is 2. The number of rotatable bonds is 2. The molecule has 114 valence electrons. The van der Waals surface area contributed by atoms with Crippen molar-refractivity contribution in [3.05, 3.63) is 68.2 Å². The van der Waals surface area contributed by atoms with E-state index in [2.05, 4.69) is 4.98 Å². The van der Waals surface area contributed by atoms with E-state index in [0.717, 1.165) is 18.1 Å². The minimum atomic E-state index is -0.704. The SMILES string of the molecule is O=C(c1cc(=O)[nH]c(=O)[nH]1)N1CCC(c2ccc(F)cc2)C1. The van der Waals surface area contributed by atoms with Gasteiger partial charge in [-0.3, -0.25) is 14.6 Å². The van der Waals surface area contributed by atoms with Gasteiger partial charge in [-0.25, -0.2) is 9.18 Å². The van der Waals surface area contributed by atoms with E-state index in [1.807, 2.05) is 4.98 Å². The summed E-state index contributed by atoms with van der Waals surface area (Å²) in [6.07, 6.45) is 0.755. The molecule has 3 rings (SSSR count). The highest BCUT2D eigenvalue weighted by Crippen LogP contribution is 2.27. The second kappa shape index (κ2) is 5.59. The van der Waals surface area contributed by atoms with Crippen molar-refractivity contribution in [3.8, 4) is 0 Å². The summed E-state index contributed by atoms with van der Waals surface area (Å²) in [6, 6.07) is 7.29. The summed E-state index contributed by atoms with van der Waals surface area (Å²) >= 11 is 0. The highest BCUT2D eigenvalue weighted by molar-refractivity contribution is 5.92. The Kier molecular flexibility index (Phi) is 3.62. The summed E-state index contributed by atoms with van der Waals surface area (Å²) in [5, 5.41) is 0. The van der Waals surface area contributed by atoms with Gasteiger partial charge in [0.05, 0.1) is 0 Å². The van der Waals surface area contributed by atoms with E-state index < -0.39 is 11.2 Å². The molecule has 1 amide bonds. The molecule has 0 saturated carbocycles. The summed E-state index contributed by atoms with van der Waals surface area (Å²) in [5.41, 5.74) is -0.365. The first-order valence-electron chi connectivity index (χ1n) is 6.91. The largest absolute Gasteiger partial charge is 0.337 e. The quantitative estimate of drug-likeness (QED) is 0.861. The zero-order valence-electron chi connectivity index (χ0n) is 11.6. The van der Waals surface area contributed by atoms with Gasteiger partial charge in [0, 0.05) is 25.1 Å². The topological polar surface area (TPSA) is 86.0 Å². The maximum atomic E-state index is 12.9. The number of aromatic nitrogens is 2. The molecule has 0 bridgehead atoms. The van der Waals surface area contributed by atoms with Crippen LogP contribution in [0.25, 0.3) is 0 Å². The van der Waals surface area contributed by atoms with Crippen LogP contribution >= 0.6 is 0 Å². The predicted octanol–water partition coefficient (Wildman–Crippen LogP) is 0.832. The number of amides is 1. The van der Waals surface area contributed by atoms with Gasteiger partial charge in [0.1, 0.15) is 11.5 Å². The zero-order chi connectivity index (χ0) is 15.7. The molecule has 1 atom stereocenters. The second-order valence-corrected chi connectivity index (χ2v) is 5.29. The summed E-state index contributed by atoms with van der Waals surface area (Å²) in [4.78, 5) is 40.8. The van der Waals surface area contributed by atoms with Crippen LogP contribution in [-0.4, -0.2) is 33.9 Å². The van der Waals surface area contributed by atoms with Gasteiger partial charge in [0.15, 0.2) is 0 Å². The van der Waals surface area contributed by atoms with Crippen LogP contribution in [0, 0.1) is 5.82 Å². The normalized spacial score (nSPS) is 17.7. The highest BCUT2D eigenvalue weighted by atomic mass is 19.1. The lowest BCUT2D eigenvalue weighted by Gasteiger charge is -2.16. The summed E-state index contributed by atoms with van der Waals surface area (Å²) < 4.78 is 12.9. The summed E-state index contributed by atoms with van der Waals surface area (Å²) in [5.74, 6) is -0.554. The average Bonchev–Trinajstić information content (AvgIpc) is 2.96. The molecule has 6 nitrogen and oxygen atoms in total. The van der Waals surface area contributed by atoms with Crippen molar-refractivity contribution in [2.24, 2.45) is 0 Å². The first-order valence-corrected chi connectivity index (χ1v) is 6.91. The monoisotopic (exact) mass is 303 g/mol. The van der Waals surface area contributed by atoms with Gasteiger partial charge in [0.2, 0.25) is 0 Å². The van der Waals surface area contributed by atoms with Crippen molar-refractivity contribution in [1.29, 1.82) is 0 Å². The summed E-state index contributed by atoms with van der Waals surface area (Å²) in [7, 11) is 0. The maximum absolute atomic E-state index is 12.9. The van der Waals surface area contributed by atoms with Crippen LogP contribution < -0.4 is 11.2 Å². The molecule has 7 heteroatoms. The molecule has 0 radical (unpaired) electrons. The van der Waals surface area contributed by atoms with E-state index in [0.29, 0.717) is 13.1 Å². The second-order valence-electron chi connectivity index (χ2n) is 5.29. The molecule has 1 aliphatic heterocycles. The molecule has 1 unspecified atom stereocenters. The van der Waals surface area contributed by atoms with Gasteiger partial charge in [-0.15, -0.1) is 0 Å². The number of carbonyl (C=O) groups is 1. The molecule has 2 aromatic rings. The van der Waals surface area contributed by atoms with E-state index >= 15 is 0 Å². The number of hydrogen-bond donors (Lipinski definition) is 2. The van der Waals surface area contributed by atoms with Crippen LogP contribution in [0.2, 0.25) is 0 Å². The lowest BCUT2D eigenvalue weighted by molar-refractivity contribution is 0.0784. The van der Waals surface area contributed by atoms with Crippen LogP contribution in [0.15, 0.2) is 39.9 Å². The third-order valence-corrected chi connectivity index (χ3v) is 3.81. The molecule has 2 N–H and O–H groups in total. The molecule has 1 aromatic carbocycles. The Balaban J connectivity index is 1.77. The predicted molar refractivity (Wildman–Crippen MR) is 77.3 cm³/mol. The Morgan fingerprint density at radius 1 is 1.18 bits per heavy atom. The van der Waals surface area contributed by atoms with Crippen molar-refractivity contribution in [3.63, 3.8) is 0 Å². The van der Waals surface area contributed by atoms with Gasteiger partial charge in [-0.05, 0) is 24.1 Å². The Morgan fingerprint density at radius 2 is 1.91 bits per heavy atom. The number of H-pyrrole nitrogens is 2. The van der Waals surface area contributed by atoms with Crippen molar-refractivity contribution in [2.45, 2.75) is 12.3 Å². The molecule has 1 saturated heterocycles. The standard InChI is InChI=1S/C15H14FN3O3/c16-11-3-1-9(2-4-11)10-5-6-19(8-10)14(21)12-7-13(20)18-15(22)17-12/h1-4,7,10H,5-6,8H2,(H2,17,18,20,22). The van der Waals surface area contributed by atoms with Gasteiger partial charge in [0.25, 0.3) is 11.5 Å². The van der Waals surface area contributed by atoms with Crippen LogP contribution in [0.5, 0.6) is 0 Å². The van der Waals surface area contributed by atoms with Gasteiger partial charge in [-0.2, -0.15) is 0 Å². The Bertz CT molecular complexity index is 782.